The summed E-state index contributed by atoms with van der Waals surface area (Å²) in [4.78, 5) is 0. The third kappa shape index (κ3) is 3.99. The van der Waals surface area contributed by atoms with Crippen molar-refractivity contribution in [2.75, 3.05) is 0 Å². The number of nitrogens with zero attached hydrogens (tertiary/aromatic N) is 1. The van der Waals surface area contributed by atoms with E-state index in [0.717, 1.165) is 38.5 Å². The number of hydrogen-bond donors (Lipinski definition) is 1. The van der Waals surface area contributed by atoms with Gasteiger partial charge in [-0.2, -0.15) is 5.26 Å². The quantitative estimate of drug-likeness (QED) is 0.680. The highest BCUT2D eigenvalue weighted by molar-refractivity contribution is 5.06. The number of nitriles is 1. The maximum atomic E-state index is 10.4. The minimum Gasteiger partial charge on any atom is -0.391 e. The van der Waals surface area contributed by atoms with Crippen molar-refractivity contribution in [3.8, 4) is 6.07 Å². The molecule has 0 bridgehead atoms. The molecule has 0 aliphatic heterocycles. The van der Waals surface area contributed by atoms with E-state index in [1.807, 2.05) is 0 Å². The Hall–Kier alpha value is -0.550. The maximum absolute atomic E-state index is 10.4. The largest absolute Gasteiger partial charge is 0.391 e. The van der Waals surface area contributed by atoms with Gasteiger partial charge in [0.15, 0.2) is 0 Å². The zero-order chi connectivity index (χ0) is 13.4. The van der Waals surface area contributed by atoms with E-state index in [2.05, 4.69) is 19.9 Å². The van der Waals surface area contributed by atoms with E-state index >= 15 is 0 Å². The predicted octanol–water partition coefficient (Wildman–Crippen LogP) is 4.43. The lowest BCUT2D eigenvalue weighted by Gasteiger charge is -2.39. The Bertz CT molecular complexity index is 271. The molecular formula is C16H29NO. The summed E-state index contributed by atoms with van der Waals surface area (Å²) < 4.78 is 0. The van der Waals surface area contributed by atoms with Crippen LogP contribution >= 0.6 is 0 Å². The van der Waals surface area contributed by atoms with Gasteiger partial charge in [-0.05, 0) is 25.2 Å². The first-order valence-electron chi connectivity index (χ1n) is 7.77. The van der Waals surface area contributed by atoms with Crippen LogP contribution in [0, 0.1) is 22.7 Å². The number of aliphatic hydroxyl groups is 1. The van der Waals surface area contributed by atoms with E-state index in [-0.39, 0.29) is 0 Å². The molecule has 1 N–H and O–H groups in total. The van der Waals surface area contributed by atoms with Crippen LogP contribution in [0.15, 0.2) is 0 Å². The third-order valence-electron chi connectivity index (χ3n) is 4.66. The van der Waals surface area contributed by atoms with E-state index in [1.165, 1.54) is 25.7 Å². The highest BCUT2D eigenvalue weighted by atomic mass is 16.3. The fourth-order valence-corrected chi connectivity index (χ4v) is 3.29. The molecule has 0 amide bonds. The molecule has 3 atom stereocenters. The molecule has 1 aliphatic carbocycles. The second-order valence-electron chi connectivity index (χ2n) is 6.00. The first-order valence-corrected chi connectivity index (χ1v) is 7.77. The summed E-state index contributed by atoms with van der Waals surface area (Å²) in [5.41, 5.74) is -0.439. The monoisotopic (exact) mass is 251 g/mol. The minimum atomic E-state index is -0.439. The standard InChI is InChI=1S/C16H29NO/c1-3-5-6-7-10-15(18)16(13-17)11-8-9-14(4-2)12-16/h14-15,18H,3-12H2,1-2H3. The van der Waals surface area contributed by atoms with Crippen LogP contribution in [0.5, 0.6) is 0 Å². The maximum Gasteiger partial charge on any atom is 0.0834 e. The first kappa shape index (κ1) is 15.5. The van der Waals surface area contributed by atoms with Gasteiger partial charge >= 0.3 is 0 Å². The zero-order valence-corrected chi connectivity index (χ0v) is 12.1. The molecule has 2 nitrogen and oxygen atoms in total. The van der Waals surface area contributed by atoms with Crippen molar-refractivity contribution in [3.63, 3.8) is 0 Å². The second kappa shape index (κ2) is 7.79. The van der Waals surface area contributed by atoms with E-state index < -0.39 is 11.5 Å². The van der Waals surface area contributed by atoms with E-state index in [0.29, 0.717) is 5.92 Å². The van der Waals surface area contributed by atoms with Gasteiger partial charge in [0.25, 0.3) is 0 Å². The number of unbranched alkanes of at least 4 members (excludes halogenated alkanes) is 3. The van der Waals surface area contributed by atoms with Crippen molar-refractivity contribution in [1.29, 1.82) is 5.26 Å². The Labute approximate surface area is 112 Å². The zero-order valence-electron chi connectivity index (χ0n) is 12.1. The van der Waals surface area contributed by atoms with Gasteiger partial charge in [-0.1, -0.05) is 58.8 Å². The van der Waals surface area contributed by atoms with E-state index in [1.54, 1.807) is 0 Å². The smallest absolute Gasteiger partial charge is 0.0834 e. The third-order valence-corrected chi connectivity index (χ3v) is 4.66. The van der Waals surface area contributed by atoms with Crippen molar-refractivity contribution in [1.82, 2.24) is 0 Å². The van der Waals surface area contributed by atoms with E-state index in [9.17, 15) is 10.4 Å². The molecule has 0 radical (unpaired) electrons. The van der Waals surface area contributed by atoms with Gasteiger partial charge in [0.2, 0.25) is 0 Å². The number of hydrogen-bond acceptors (Lipinski definition) is 2. The molecule has 1 fully saturated rings. The predicted molar refractivity (Wildman–Crippen MR) is 75.1 cm³/mol. The molecule has 0 aromatic carbocycles. The van der Waals surface area contributed by atoms with Crippen LogP contribution in [0.25, 0.3) is 0 Å². The van der Waals surface area contributed by atoms with Crippen molar-refractivity contribution >= 4 is 0 Å². The summed E-state index contributed by atoms with van der Waals surface area (Å²) in [7, 11) is 0. The molecular weight excluding hydrogens is 222 g/mol. The molecule has 1 aliphatic rings. The summed E-state index contributed by atoms with van der Waals surface area (Å²) in [5, 5.41) is 19.9. The summed E-state index contributed by atoms with van der Waals surface area (Å²) in [5.74, 6) is 0.642. The Balaban J connectivity index is 2.50. The molecule has 1 saturated carbocycles. The van der Waals surface area contributed by atoms with Crippen LogP contribution in [-0.2, 0) is 0 Å². The van der Waals surface area contributed by atoms with Gasteiger partial charge in [0, 0.05) is 0 Å². The van der Waals surface area contributed by atoms with Crippen LogP contribution in [0.4, 0.5) is 0 Å². The molecule has 2 heteroatoms. The molecule has 104 valence electrons. The van der Waals surface area contributed by atoms with Crippen LogP contribution in [0.2, 0.25) is 0 Å². The topological polar surface area (TPSA) is 44.0 Å². The fourth-order valence-electron chi connectivity index (χ4n) is 3.29. The van der Waals surface area contributed by atoms with Crippen LogP contribution in [-0.4, -0.2) is 11.2 Å². The van der Waals surface area contributed by atoms with Crippen molar-refractivity contribution in [2.45, 2.75) is 84.2 Å². The summed E-state index contributed by atoms with van der Waals surface area (Å²) >= 11 is 0. The number of aliphatic hydroxyl groups excluding tert-OH is 1. The van der Waals surface area contributed by atoms with Gasteiger partial charge in [-0.15, -0.1) is 0 Å². The Kier molecular flexibility index (Phi) is 6.71. The molecule has 0 aromatic heterocycles. The highest BCUT2D eigenvalue weighted by Gasteiger charge is 2.41. The highest BCUT2D eigenvalue weighted by Crippen LogP contribution is 2.44. The van der Waals surface area contributed by atoms with Crippen molar-refractivity contribution < 1.29 is 5.11 Å². The second-order valence-corrected chi connectivity index (χ2v) is 6.00. The lowest BCUT2D eigenvalue weighted by molar-refractivity contribution is 0.0128. The normalized spacial score (nSPS) is 29.8. The lowest BCUT2D eigenvalue weighted by Crippen LogP contribution is -2.38. The van der Waals surface area contributed by atoms with Crippen LogP contribution in [0.1, 0.15) is 78.1 Å². The molecule has 0 spiro atoms. The number of rotatable bonds is 7. The van der Waals surface area contributed by atoms with Gasteiger partial charge in [0.05, 0.1) is 17.6 Å². The average molecular weight is 251 g/mol. The fraction of sp³-hybridized carbons (Fsp3) is 0.938. The minimum absolute atomic E-state index is 0.409. The Morgan fingerprint density at radius 1 is 1.33 bits per heavy atom. The molecule has 0 aromatic rings. The SMILES string of the molecule is CCCCCCC(O)C1(C#N)CCCC(CC)C1. The average Bonchev–Trinajstić information content (AvgIpc) is 2.43. The summed E-state index contributed by atoms with van der Waals surface area (Å²) in [6.45, 7) is 4.39. The Morgan fingerprint density at radius 3 is 2.72 bits per heavy atom. The van der Waals surface area contributed by atoms with Gasteiger partial charge in [0.1, 0.15) is 0 Å². The lowest BCUT2D eigenvalue weighted by atomic mass is 9.66. The van der Waals surface area contributed by atoms with E-state index in [4.69, 9.17) is 0 Å². The molecule has 18 heavy (non-hydrogen) atoms. The first-order chi connectivity index (χ1) is 8.68. The van der Waals surface area contributed by atoms with Gasteiger partial charge in [-0.3, -0.25) is 0 Å². The Morgan fingerprint density at radius 2 is 2.11 bits per heavy atom. The van der Waals surface area contributed by atoms with Crippen LogP contribution < -0.4 is 0 Å². The van der Waals surface area contributed by atoms with Crippen molar-refractivity contribution in [3.05, 3.63) is 0 Å². The van der Waals surface area contributed by atoms with Gasteiger partial charge < -0.3 is 5.11 Å². The molecule has 0 heterocycles. The summed E-state index contributed by atoms with van der Waals surface area (Å²) in [6, 6.07) is 2.47. The van der Waals surface area contributed by atoms with Crippen LogP contribution in [0.3, 0.4) is 0 Å². The molecule has 3 unspecified atom stereocenters. The van der Waals surface area contributed by atoms with Crippen molar-refractivity contribution in [2.24, 2.45) is 11.3 Å². The van der Waals surface area contributed by atoms with Gasteiger partial charge in [-0.25, -0.2) is 0 Å². The molecule has 0 saturated heterocycles. The summed E-state index contributed by atoms with van der Waals surface area (Å²) in [6.07, 6.45) is 10.4. The molecule has 1 rings (SSSR count).